The Morgan fingerprint density at radius 1 is 1.24 bits per heavy atom. The maximum absolute atomic E-state index is 5.88. The Kier molecular flexibility index (Phi) is 3.89. The van der Waals surface area contributed by atoms with E-state index < -0.39 is 0 Å². The number of aryl methyl sites for hydroxylation is 1. The molecule has 17 heavy (non-hydrogen) atoms. The van der Waals surface area contributed by atoms with Crippen LogP contribution in [0.15, 0.2) is 48.8 Å². The smallest absolute Gasteiger partial charge is 0.0300 e. The van der Waals surface area contributed by atoms with Crippen LogP contribution in [0.5, 0.6) is 0 Å². The van der Waals surface area contributed by atoms with Crippen LogP contribution in [0.4, 0.5) is 0 Å². The quantitative estimate of drug-likeness (QED) is 0.870. The lowest BCUT2D eigenvalue weighted by molar-refractivity contribution is 0.692. The number of nitrogens with two attached hydrogens (primary N) is 1. The summed E-state index contributed by atoms with van der Waals surface area (Å²) in [5.41, 5.74) is 9.72. The number of hydrogen-bond donors (Lipinski definition) is 1. The van der Waals surface area contributed by atoms with Crippen molar-refractivity contribution in [1.29, 1.82) is 0 Å². The fraction of sp³-hybridized carbons (Fsp3) is 0.267. The van der Waals surface area contributed by atoms with E-state index in [9.17, 15) is 0 Å². The predicted octanol–water partition coefficient (Wildman–Crippen LogP) is 2.68. The molecule has 2 heteroatoms. The van der Waals surface area contributed by atoms with E-state index in [0.29, 0.717) is 12.5 Å². The van der Waals surface area contributed by atoms with Gasteiger partial charge in [0.15, 0.2) is 0 Å². The molecule has 88 valence electrons. The minimum Gasteiger partial charge on any atom is -0.330 e. The summed E-state index contributed by atoms with van der Waals surface area (Å²) in [6, 6.07) is 12.6. The molecule has 0 aliphatic heterocycles. The molecule has 1 aromatic carbocycles. The molecule has 0 radical (unpaired) electrons. The van der Waals surface area contributed by atoms with Crippen LogP contribution in [0.3, 0.4) is 0 Å². The van der Waals surface area contributed by atoms with Gasteiger partial charge >= 0.3 is 0 Å². The lowest BCUT2D eigenvalue weighted by atomic mass is 9.92. The van der Waals surface area contributed by atoms with Crippen molar-refractivity contribution in [1.82, 2.24) is 4.98 Å². The number of pyridine rings is 1. The molecule has 2 nitrogen and oxygen atoms in total. The second-order valence-corrected chi connectivity index (χ2v) is 4.41. The maximum atomic E-state index is 5.88. The van der Waals surface area contributed by atoms with Crippen LogP contribution in [0.1, 0.15) is 22.6 Å². The minimum atomic E-state index is 0.374. The summed E-state index contributed by atoms with van der Waals surface area (Å²) in [7, 11) is 0. The molecule has 0 saturated heterocycles. The van der Waals surface area contributed by atoms with Crippen LogP contribution < -0.4 is 5.73 Å². The molecule has 1 heterocycles. The molecule has 0 spiro atoms. The van der Waals surface area contributed by atoms with Gasteiger partial charge in [0.05, 0.1) is 0 Å². The molecule has 0 saturated carbocycles. The third-order valence-electron chi connectivity index (χ3n) is 3.00. The standard InChI is InChI=1S/C15H18N2/c1-12-4-2-6-14(8-12)15(10-16)9-13-5-3-7-17-11-13/h2-8,11,15H,9-10,16H2,1H3. The summed E-state index contributed by atoms with van der Waals surface area (Å²) < 4.78 is 0. The van der Waals surface area contributed by atoms with Gasteiger partial charge in [0.25, 0.3) is 0 Å². The molecule has 2 aromatic rings. The SMILES string of the molecule is Cc1cccc(C(CN)Cc2cccnc2)c1. The summed E-state index contributed by atoms with van der Waals surface area (Å²) in [4.78, 5) is 4.14. The molecule has 1 unspecified atom stereocenters. The van der Waals surface area contributed by atoms with Crippen LogP contribution in [-0.2, 0) is 6.42 Å². The Bertz CT molecular complexity index is 465. The van der Waals surface area contributed by atoms with Gasteiger partial charge in [-0.15, -0.1) is 0 Å². The monoisotopic (exact) mass is 226 g/mol. The van der Waals surface area contributed by atoms with Gasteiger partial charge < -0.3 is 5.73 Å². The molecule has 2 rings (SSSR count). The Balaban J connectivity index is 2.17. The lowest BCUT2D eigenvalue weighted by Gasteiger charge is -2.15. The van der Waals surface area contributed by atoms with Crippen molar-refractivity contribution in [2.75, 3.05) is 6.54 Å². The van der Waals surface area contributed by atoms with E-state index >= 15 is 0 Å². The second-order valence-electron chi connectivity index (χ2n) is 4.41. The molecule has 1 atom stereocenters. The predicted molar refractivity (Wildman–Crippen MR) is 70.9 cm³/mol. The fourth-order valence-corrected chi connectivity index (χ4v) is 2.06. The summed E-state index contributed by atoms with van der Waals surface area (Å²) in [6.45, 7) is 2.78. The normalized spacial score (nSPS) is 12.4. The average Bonchev–Trinajstić information content (AvgIpc) is 2.37. The highest BCUT2D eigenvalue weighted by atomic mass is 14.6. The van der Waals surface area contributed by atoms with E-state index in [1.165, 1.54) is 16.7 Å². The van der Waals surface area contributed by atoms with Gasteiger partial charge in [-0.1, -0.05) is 35.9 Å². The first-order valence-electron chi connectivity index (χ1n) is 5.95. The lowest BCUT2D eigenvalue weighted by Crippen LogP contribution is -2.15. The third-order valence-corrected chi connectivity index (χ3v) is 3.00. The van der Waals surface area contributed by atoms with E-state index in [-0.39, 0.29) is 0 Å². The summed E-state index contributed by atoms with van der Waals surface area (Å²) in [5.74, 6) is 0.374. The molecular formula is C15H18N2. The first kappa shape index (κ1) is 11.8. The highest BCUT2D eigenvalue weighted by Gasteiger charge is 2.10. The first-order chi connectivity index (χ1) is 8.29. The largest absolute Gasteiger partial charge is 0.330 e. The molecule has 0 aliphatic rings. The van der Waals surface area contributed by atoms with Crippen molar-refractivity contribution in [2.24, 2.45) is 5.73 Å². The Morgan fingerprint density at radius 3 is 2.76 bits per heavy atom. The van der Waals surface area contributed by atoms with Crippen molar-refractivity contribution in [3.05, 3.63) is 65.5 Å². The molecule has 1 aromatic heterocycles. The van der Waals surface area contributed by atoms with Gasteiger partial charge in [0.2, 0.25) is 0 Å². The zero-order valence-electron chi connectivity index (χ0n) is 10.1. The molecule has 0 amide bonds. The molecule has 2 N–H and O–H groups in total. The zero-order chi connectivity index (χ0) is 12.1. The average molecular weight is 226 g/mol. The molecular weight excluding hydrogens is 208 g/mol. The summed E-state index contributed by atoms with van der Waals surface area (Å²) in [6.07, 6.45) is 4.67. The van der Waals surface area contributed by atoms with Gasteiger partial charge in [0.1, 0.15) is 0 Å². The van der Waals surface area contributed by atoms with Crippen LogP contribution in [0.25, 0.3) is 0 Å². The third kappa shape index (κ3) is 3.14. The zero-order valence-corrected chi connectivity index (χ0v) is 10.1. The van der Waals surface area contributed by atoms with Crippen molar-refractivity contribution in [2.45, 2.75) is 19.3 Å². The Labute approximate surface area is 103 Å². The highest BCUT2D eigenvalue weighted by molar-refractivity contribution is 5.27. The van der Waals surface area contributed by atoms with Crippen molar-refractivity contribution in [3.8, 4) is 0 Å². The van der Waals surface area contributed by atoms with Crippen molar-refractivity contribution in [3.63, 3.8) is 0 Å². The van der Waals surface area contributed by atoms with Crippen LogP contribution in [-0.4, -0.2) is 11.5 Å². The Morgan fingerprint density at radius 2 is 2.12 bits per heavy atom. The fourth-order valence-electron chi connectivity index (χ4n) is 2.06. The van der Waals surface area contributed by atoms with Crippen molar-refractivity contribution >= 4 is 0 Å². The van der Waals surface area contributed by atoms with Crippen LogP contribution >= 0.6 is 0 Å². The molecule has 0 aliphatic carbocycles. The second kappa shape index (κ2) is 5.60. The molecule has 0 bridgehead atoms. The van der Waals surface area contributed by atoms with E-state index in [2.05, 4.69) is 42.2 Å². The van der Waals surface area contributed by atoms with Crippen molar-refractivity contribution < 1.29 is 0 Å². The minimum absolute atomic E-state index is 0.374. The summed E-state index contributed by atoms with van der Waals surface area (Å²) >= 11 is 0. The first-order valence-corrected chi connectivity index (χ1v) is 5.95. The number of benzene rings is 1. The van der Waals surface area contributed by atoms with Gasteiger partial charge in [-0.3, -0.25) is 4.98 Å². The maximum Gasteiger partial charge on any atom is 0.0300 e. The number of aromatic nitrogens is 1. The van der Waals surface area contributed by atoms with Gasteiger partial charge in [-0.2, -0.15) is 0 Å². The van der Waals surface area contributed by atoms with E-state index in [4.69, 9.17) is 5.73 Å². The van der Waals surface area contributed by atoms with Crippen LogP contribution in [0, 0.1) is 6.92 Å². The van der Waals surface area contributed by atoms with E-state index in [1.54, 1.807) is 6.20 Å². The van der Waals surface area contributed by atoms with Gasteiger partial charge in [-0.05, 0) is 37.1 Å². The number of nitrogens with zero attached hydrogens (tertiary/aromatic N) is 1. The topological polar surface area (TPSA) is 38.9 Å². The van der Waals surface area contributed by atoms with Crippen LogP contribution in [0.2, 0.25) is 0 Å². The van der Waals surface area contributed by atoms with E-state index in [1.807, 2.05) is 12.3 Å². The Hall–Kier alpha value is -1.67. The summed E-state index contributed by atoms with van der Waals surface area (Å²) in [5, 5.41) is 0. The highest BCUT2D eigenvalue weighted by Crippen LogP contribution is 2.20. The number of rotatable bonds is 4. The van der Waals surface area contributed by atoms with Gasteiger partial charge in [-0.25, -0.2) is 0 Å². The van der Waals surface area contributed by atoms with E-state index in [0.717, 1.165) is 6.42 Å². The number of hydrogen-bond acceptors (Lipinski definition) is 2. The molecule has 0 fully saturated rings. The van der Waals surface area contributed by atoms with Gasteiger partial charge in [0, 0.05) is 18.3 Å².